The molecule has 0 unspecified atom stereocenters. The van der Waals surface area contributed by atoms with Crippen molar-refractivity contribution >= 4 is 28.6 Å². The largest absolute Gasteiger partial charge is 0.478 e. The van der Waals surface area contributed by atoms with Crippen molar-refractivity contribution in [3.8, 4) is 0 Å². The zero-order valence-electron chi connectivity index (χ0n) is 9.48. The maximum Gasteiger partial charge on any atom is 0.335 e. The summed E-state index contributed by atoms with van der Waals surface area (Å²) in [7, 11) is 0. The Kier molecular flexibility index (Phi) is 2.88. The Balaban J connectivity index is 2.08. The molecule has 0 aliphatic carbocycles. The fourth-order valence-electron chi connectivity index (χ4n) is 1.59. The van der Waals surface area contributed by atoms with Gasteiger partial charge in [0.15, 0.2) is 0 Å². The van der Waals surface area contributed by atoms with Crippen LogP contribution < -0.4 is 0 Å². The van der Waals surface area contributed by atoms with Gasteiger partial charge in [0.1, 0.15) is 17.6 Å². The number of hydrogen-bond donors (Lipinski definition) is 1. The van der Waals surface area contributed by atoms with Gasteiger partial charge in [0, 0.05) is 5.39 Å². The monoisotopic (exact) mass is 273 g/mol. The normalized spacial score (nSPS) is 10.7. The Hall–Kier alpha value is -2.41. The van der Waals surface area contributed by atoms with Crippen LogP contribution in [-0.4, -0.2) is 26.0 Å². The lowest BCUT2D eigenvalue weighted by atomic mass is 10.1. The van der Waals surface area contributed by atoms with Gasteiger partial charge in [-0.05, 0) is 30.0 Å². The van der Waals surface area contributed by atoms with Gasteiger partial charge in [-0.2, -0.15) is 0 Å². The lowest BCUT2D eigenvalue weighted by molar-refractivity contribution is 0.0697. The molecule has 0 aliphatic heterocycles. The molecule has 2 aromatic heterocycles. The minimum Gasteiger partial charge on any atom is -0.478 e. The van der Waals surface area contributed by atoms with Crippen LogP contribution in [0.4, 0.5) is 0 Å². The third kappa shape index (κ3) is 2.27. The summed E-state index contributed by atoms with van der Waals surface area (Å²) in [6.07, 6.45) is 4.42. The highest BCUT2D eigenvalue weighted by molar-refractivity contribution is 7.99. The maximum atomic E-state index is 10.9. The molecule has 0 bridgehead atoms. The van der Waals surface area contributed by atoms with E-state index in [4.69, 9.17) is 9.52 Å². The van der Waals surface area contributed by atoms with E-state index in [9.17, 15) is 4.79 Å². The topological polar surface area (TPSA) is 89.1 Å². The fourth-order valence-corrected chi connectivity index (χ4v) is 2.36. The van der Waals surface area contributed by atoms with Crippen molar-refractivity contribution in [2.75, 3.05) is 0 Å². The highest BCUT2D eigenvalue weighted by Crippen LogP contribution is 2.30. The molecule has 0 saturated carbocycles. The van der Waals surface area contributed by atoms with Crippen LogP contribution in [-0.2, 0) is 0 Å². The van der Waals surface area contributed by atoms with E-state index >= 15 is 0 Å². The zero-order valence-corrected chi connectivity index (χ0v) is 10.3. The third-order valence-electron chi connectivity index (χ3n) is 2.44. The van der Waals surface area contributed by atoms with E-state index in [1.54, 1.807) is 12.3 Å². The van der Waals surface area contributed by atoms with Gasteiger partial charge in [0.2, 0.25) is 0 Å². The average Bonchev–Trinajstić information content (AvgIpc) is 2.91. The van der Waals surface area contributed by atoms with Crippen molar-refractivity contribution in [2.45, 2.75) is 10.2 Å². The highest BCUT2D eigenvalue weighted by Gasteiger charge is 2.10. The Morgan fingerprint density at radius 3 is 2.89 bits per heavy atom. The molecule has 1 N–H and O–H groups in total. The van der Waals surface area contributed by atoms with Crippen LogP contribution in [0.15, 0.2) is 51.7 Å². The summed E-state index contributed by atoms with van der Waals surface area (Å²) < 4.78 is 5.15. The Bertz CT molecular complexity index is 743. The van der Waals surface area contributed by atoms with Crippen LogP contribution in [0.1, 0.15) is 10.4 Å². The van der Waals surface area contributed by atoms with Crippen molar-refractivity contribution in [1.29, 1.82) is 0 Å². The van der Waals surface area contributed by atoms with Crippen molar-refractivity contribution < 1.29 is 14.3 Å². The maximum absolute atomic E-state index is 10.9. The molecule has 0 saturated heterocycles. The summed E-state index contributed by atoms with van der Waals surface area (Å²) in [4.78, 5) is 23.2. The number of rotatable bonds is 3. The van der Waals surface area contributed by atoms with Crippen LogP contribution in [0.3, 0.4) is 0 Å². The van der Waals surface area contributed by atoms with Gasteiger partial charge in [0.25, 0.3) is 5.22 Å². The first kappa shape index (κ1) is 11.7. The fraction of sp³-hybridized carbons (Fsp3) is 0. The first-order chi connectivity index (χ1) is 9.24. The van der Waals surface area contributed by atoms with E-state index in [0.717, 1.165) is 5.39 Å². The van der Waals surface area contributed by atoms with E-state index in [1.165, 1.54) is 36.5 Å². The standard InChI is InChI=1S/C12H7N3O3S/c16-11(17)7-1-2-8-9(5-7)14-6-15-10(8)19-12-13-3-4-18-12/h1-6H,(H,16,17). The minimum atomic E-state index is -0.984. The van der Waals surface area contributed by atoms with Gasteiger partial charge < -0.3 is 9.52 Å². The predicted molar refractivity (Wildman–Crippen MR) is 67.1 cm³/mol. The van der Waals surface area contributed by atoms with Gasteiger partial charge in [0.05, 0.1) is 17.3 Å². The van der Waals surface area contributed by atoms with Crippen LogP contribution >= 0.6 is 11.8 Å². The number of aromatic nitrogens is 3. The molecule has 0 aliphatic rings. The zero-order chi connectivity index (χ0) is 13.2. The lowest BCUT2D eigenvalue weighted by Gasteiger charge is -2.03. The van der Waals surface area contributed by atoms with Crippen molar-refractivity contribution in [2.24, 2.45) is 0 Å². The summed E-state index contributed by atoms with van der Waals surface area (Å²) in [5, 5.41) is 10.9. The summed E-state index contributed by atoms with van der Waals surface area (Å²) in [6.45, 7) is 0. The van der Waals surface area contributed by atoms with Crippen molar-refractivity contribution in [3.05, 3.63) is 42.5 Å². The van der Waals surface area contributed by atoms with Crippen LogP contribution in [0.25, 0.3) is 10.9 Å². The first-order valence-corrected chi connectivity index (χ1v) is 6.11. The highest BCUT2D eigenvalue weighted by atomic mass is 32.2. The number of hydrogen-bond acceptors (Lipinski definition) is 6. The third-order valence-corrected chi connectivity index (χ3v) is 3.34. The SMILES string of the molecule is O=C(O)c1ccc2c(Sc3ncco3)ncnc2c1. The number of oxazole rings is 1. The number of benzene rings is 1. The average molecular weight is 273 g/mol. The number of nitrogens with zero attached hydrogens (tertiary/aromatic N) is 3. The molecule has 7 heteroatoms. The smallest absolute Gasteiger partial charge is 0.335 e. The van der Waals surface area contributed by atoms with E-state index < -0.39 is 5.97 Å². The minimum absolute atomic E-state index is 0.193. The molecule has 94 valence electrons. The molecular weight excluding hydrogens is 266 g/mol. The Morgan fingerprint density at radius 1 is 1.26 bits per heavy atom. The number of carbonyl (C=O) groups is 1. The Morgan fingerprint density at radius 2 is 2.16 bits per heavy atom. The summed E-state index contributed by atoms with van der Waals surface area (Å²) in [5.41, 5.74) is 0.766. The molecule has 0 amide bonds. The number of carboxylic acid groups (broad SMARTS) is 1. The van der Waals surface area contributed by atoms with Gasteiger partial charge in [-0.1, -0.05) is 0 Å². The molecule has 2 heterocycles. The molecule has 0 radical (unpaired) electrons. The summed E-state index contributed by atoms with van der Waals surface area (Å²) in [5.74, 6) is -0.984. The quantitative estimate of drug-likeness (QED) is 0.733. The number of carboxylic acids is 1. The second-order valence-corrected chi connectivity index (χ2v) is 4.56. The first-order valence-electron chi connectivity index (χ1n) is 5.29. The van der Waals surface area contributed by atoms with E-state index in [1.807, 2.05) is 0 Å². The Labute approximate surface area is 111 Å². The number of aromatic carboxylic acids is 1. The molecule has 3 aromatic rings. The molecule has 0 atom stereocenters. The van der Waals surface area contributed by atoms with Crippen LogP contribution in [0.2, 0.25) is 0 Å². The van der Waals surface area contributed by atoms with Crippen molar-refractivity contribution in [3.63, 3.8) is 0 Å². The molecule has 0 spiro atoms. The van der Waals surface area contributed by atoms with Gasteiger partial charge in [-0.3, -0.25) is 0 Å². The van der Waals surface area contributed by atoms with Gasteiger partial charge in [-0.15, -0.1) is 0 Å². The van der Waals surface area contributed by atoms with Crippen molar-refractivity contribution in [1.82, 2.24) is 15.0 Å². The van der Waals surface area contributed by atoms with E-state index in [2.05, 4.69) is 15.0 Å². The second-order valence-electron chi connectivity index (χ2n) is 3.62. The van der Waals surface area contributed by atoms with Gasteiger partial charge >= 0.3 is 5.97 Å². The molecule has 3 rings (SSSR count). The molecular formula is C12H7N3O3S. The van der Waals surface area contributed by atoms with Crippen LogP contribution in [0, 0.1) is 0 Å². The van der Waals surface area contributed by atoms with E-state index in [-0.39, 0.29) is 5.56 Å². The van der Waals surface area contributed by atoms with E-state index in [0.29, 0.717) is 15.8 Å². The second kappa shape index (κ2) is 4.69. The lowest BCUT2D eigenvalue weighted by Crippen LogP contribution is -1.96. The van der Waals surface area contributed by atoms with Crippen LogP contribution in [0.5, 0.6) is 0 Å². The summed E-state index contributed by atoms with van der Waals surface area (Å²) >= 11 is 1.26. The summed E-state index contributed by atoms with van der Waals surface area (Å²) in [6, 6.07) is 4.72. The predicted octanol–water partition coefficient (Wildman–Crippen LogP) is 2.47. The molecule has 1 aromatic carbocycles. The van der Waals surface area contributed by atoms with Gasteiger partial charge in [-0.25, -0.2) is 19.7 Å². The molecule has 0 fully saturated rings. The number of fused-ring (bicyclic) bond motifs is 1. The molecule has 6 nitrogen and oxygen atoms in total. The molecule has 19 heavy (non-hydrogen) atoms.